The fourth-order valence-electron chi connectivity index (χ4n) is 3.13. The molecular formula is C19H29NO4. The molecule has 0 heterocycles. The summed E-state index contributed by atoms with van der Waals surface area (Å²) in [4.78, 5) is 11.1. The van der Waals surface area contributed by atoms with Gasteiger partial charge in [-0.05, 0) is 49.8 Å². The Morgan fingerprint density at radius 1 is 1.21 bits per heavy atom. The molecule has 1 aliphatic rings. The minimum Gasteiger partial charge on any atom is -0.492 e. The molecule has 1 aliphatic carbocycles. The first kappa shape index (κ1) is 18.6. The third-order valence-corrected chi connectivity index (χ3v) is 4.46. The Labute approximate surface area is 144 Å². The molecule has 2 atom stereocenters. The molecule has 5 nitrogen and oxygen atoms in total. The summed E-state index contributed by atoms with van der Waals surface area (Å²) in [6, 6.07) is 8.02. The van der Waals surface area contributed by atoms with E-state index in [2.05, 4.69) is 17.4 Å². The van der Waals surface area contributed by atoms with Crippen molar-refractivity contribution in [2.45, 2.75) is 51.6 Å². The Balaban J connectivity index is 1.73. The van der Waals surface area contributed by atoms with Gasteiger partial charge >= 0.3 is 6.09 Å². The van der Waals surface area contributed by atoms with E-state index >= 15 is 0 Å². The molecule has 0 radical (unpaired) electrons. The molecule has 0 spiro atoms. The molecule has 5 heteroatoms. The first-order valence-corrected chi connectivity index (χ1v) is 8.99. The summed E-state index contributed by atoms with van der Waals surface area (Å²) >= 11 is 0. The molecule has 2 rings (SSSR count). The number of aliphatic hydroxyl groups excluding tert-OH is 1. The third kappa shape index (κ3) is 6.40. The quantitative estimate of drug-likeness (QED) is 0.593. The van der Waals surface area contributed by atoms with Gasteiger partial charge in [-0.3, -0.25) is 0 Å². The van der Waals surface area contributed by atoms with Gasteiger partial charge in [0.2, 0.25) is 0 Å². The van der Waals surface area contributed by atoms with Crippen molar-refractivity contribution in [1.29, 1.82) is 0 Å². The number of aliphatic hydroxyl groups is 1. The predicted molar refractivity (Wildman–Crippen MR) is 93.2 cm³/mol. The zero-order valence-corrected chi connectivity index (χ0v) is 14.5. The third-order valence-electron chi connectivity index (χ3n) is 4.46. The summed E-state index contributed by atoms with van der Waals surface area (Å²) in [5, 5.41) is 12.8. The van der Waals surface area contributed by atoms with Gasteiger partial charge in [-0.15, -0.1) is 0 Å². The molecule has 0 saturated heterocycles. The van der Waals surface area contributed by atoms with Gasteiger partial charge in [-0.2, -0.15) is 0 Å². The number of rotatable bonds is 7. The number of hydrogen-bond donors (Lipinski definition) is 2. The molecule has 1 saturated carbocycles. The number of hydrogen-bond acceptors (Lipinski definition) is 4. The second-order valence-corrected chi connectivity index (χ2v) is 6.31. The highest BCUT2D eigenvalue weighted by atomic mass is 16.5. The van der Waals surface area contributed by atoms with Gasteiger partial charge in [0, 0.05) is 0 Å². The number of amides is 1. The molecule has 2 N–H and O–H groups in total. The Morgan fingerprint density at radius 2 is 1.96 bits per heavy atom. The maximum atomic E-state index is 11.1. The minimum atomic E-state index is -0.418. The lowest BCUT2D eigenvalue weighted by atomic mass is 9.90. The van der Waals surface area contributed by atoms with Gasteiger partial charge in [-0.1, -0.05) is 31.4 Å². The van der Waals surface area contributed by atoms with Crippen LogP contribution in [-0.4, -0.2) is 37.1 Å². The van der Waals surface area contributed by atoms with E-state index in [4.69, 9.17) is 9.47 Å². The van der Waals surface area contributed by atoms with Crippen molar-refractivity contribution in [1.82, 2.24) is 5.32 Å². The van der Waals surface area contributed by atoms with Crippen LogP contribution in [0.3, 0.4) is 0 Å². The number of nitrogens with one attached hydrogen (secondary N) is 1. The van der Waals surface area contributed by atoms with Crippen LogP contribution in [0.4, 0.5) is 4.79 Å². The van der Waals surface area contributed by atoms with Crippen LogP contribution in [0.15, 0.2) is 24.3 Å². The SMILES string of the molecule is CCOC(=O)NCCOc1ccc(C[C@H]2CCCCC[C@H]2O)cc1. The predicted octanol–water partition coefficient (Wildman–Crippen LogP) is 3.30. The average Bonchev–Trinajstić information content (AvgIpc) is 2.78. The fraction of sp³-hybridized carbons (Fsp3) is 0.632. The zero-order chi connectivity index (χ0) is 17.2. The van der Waals surface area contributed by atoms with Gasteiger partial charge in [0.15, 0.2) is 0 Å². The standard InChI is InChI=1S/C19H29NO4/c1-2-23-19(22)20-12-13-24-17-10-8-15(9-11-17)14-16-6-4-3-5-7-18(16)21/h8-11,16,18,21H,2-7,12-14H2,1H3,(H,20,22)/t16-,18-/m1/s1. The van der Waals surface area contributed by atoms with Crippen LogP contribution in [0.5, 0.6) is 5.75 Å². The highest BCUT2D eigenvalue weighted by Crippen LogP contribution is 2.27. The van der Waals surface area contributed by atoms with Crippen LogP contribution in [0, 0.1) is 5.92 Å². The summed E-state index contributed by atoms with van der Waals surface area (Å²) in [7, 11) is 0. The molecule has 1 fully saturated rings. The molecular weight excluding hydrogens is 306 g/mol. The highest BCUT2D eigenvalue weighted by Gasteiger charge is 2.21. The highest BCUT2D eigenvalue weighted by molar-refractivity contribution is 5.66. The topological polar surface area (TPSA) is 67.8 Å². The second kappa shape index (κ2) is 10.2. The number of carbonyl (C=O) groups excluding carboxylic acids is 1. The largest absolute Gasteiger partial charge is 0.492 e. The maximum Gasteiger partial charge on any atom is 0.407 e. The normalized spacial score (nSPS) is 20.9. The van der Waals surface area contributed by atoms with Crippen LogP contribution >= 0.6 is 0 Å². The van der Waals surface area contributed by atoms with E-state index in [9.17, 15) is 9.90 Å². The number of carbonyl (C=O) groups is 1. The van der Waals surface area contributed by atoms with Gasteiger partial charge in [0.1, 0.15) is 12.4 Å². The van der Waals surface area contributed by atoms with Crippen molar-refractivity contribution >= 4 is 6.09 Å². The van der Waals surface area contributed by atoms with E-state index < -0.39 is 6.09 Å². The van der Waals surface area contributed by atoms with Crippen LogP contribution < -0.4 is 10.1 Å². The Bertz CT molecular complexity index is 489. The monoisotopic (exact) mass is 335 g/mol. The van der Waals surface area contributed by atoms with Crippen molar-refractivity contribution < 1.29 is 19.4 Å². The maximum absolute atomic E-state index is 11.1. The molecule has 1 aromatic rings. The first-order chi connectivity index (χ1) is 11.7. The lowest BCUT2D eigenvalue weighted by Gasteiger charge is -2.20. The first-order valence-electron chi connectivity index (χ1n) is 8.99. The number of ether oxygens (including phenoxy) is 2. The summed E-state index contributed by atoms with van der Waals surface area (Å²) in [6.07, 6.45) is 5.97. The van der Waals surface area contributed by atoms with E-state index in [1.54, 1.807) is 6.92 Å². The molecule has 1 amide bonds. The Kier molecular flexibility index (Phi) is 7.89. The molecule has 24 heavy (non-hydrogen) atoms. The lowest BCUT2D eigenvalue weighted by molar-refractivity contribution is 0.101. The molecule has 0 bridgehead atoms. The summed E-state index contributed by atoms with van der Waals surface area (Å²) < 4.78 is 10.4. The Hall–Kier alpha value is -1.75. The molecule has 0 aromatic heterocycles. The average molecular weight is 335 g/mol. The van der Waals surface area contributed by atoms with Crippen molar-refractivity contribution in [3.63, 3.8) is 0 Å². The van der Waals surface area contributed by atoms with Crippen LogP contribution in [0.1, 0.15) is 44.6 Å². The summed E-state index contributed by atoms with van der Waals surface area (Å²) in [6.45, 7) is 2.95. The van der Waals surface area contributed by atoms with Gasteiger partial charge in [-0.25, -0.2) is 4.79 Å². The molecule has 134 valence electrons. The van der Waals surface area contributed by atoms with Gasteiger partial charge < -0.3 is 19.9 Å². The van der Waals surface area contributed by atoms with E-state index in [1.165, 1.54) is 18.4 Å². The lowest BCUT2D eigenvalue weighted by Crippen LogP contribution is -2.28. The minimum absolute atomic E-state index is 0.169. The Morgan fingerprint density at radius 3 is 2.71 bits per heavy atom. The van der Waals surface area contributed by atoms with E-state index in [0.717, 1.165) is 31.4 Å². The summed E-state index contributed by atoms with van der Waals surface area (Å²) in [5.74, 6) is 1.15. The summed E-state index contributed by atoms with van der Waals surface area (Å²) in [5.41, 5.74) is 1.23. The molecule has 0 aliphatic heterocycles. The number of alkyl carbamates (subject to hydrolysis) is 1. The fourth-order valence-corrected chi connectivity index (χ4v) is 3.13. The smallest absolute Gasteiger partial charge is 0.407 e. The van der Waals surface area contributed by atoms with Gasteiger partial charge in [0.25, 0.3) is 0 Å². The van der Waals surface area contributed by atoms with Gasteiger partial charge in [0.05, 0.1) is 19.3 Å². The van der Waals surface area contributed by atoms with Crippen molar-refractivity contribution in [3.8, 4) is 5.75 Å². The molecule has 0 unspecified atom stereocenters. The van der Waals surface area contributed by atoms with Crippen LogP contribution in [-0.2, 0) is 11.2 Å². The van der Waals surface area contributed by atoms with Crippen molar-refractivity contribution in [3.05, 3.63) is 29.8 Å². The van der Waals surface area contributed by atoms with E-state index in [1.807, 2.05) is 12.1 Å². The van der Waals surface area contributed by atoms with Crippen molar-refractivity contribution in [2.75, 3.05) is 19.8 Å². The molecule has 1 aromatic carbocycles. The second-order valence-electron chi connectivity index (χ2n) is 6.31. The number of benzene rings is 1. The van der Waals surface area contributed by atoms with Crippen LogP contribution in [0.2, 0.25) is 0 Å². The van der Waals surface area contributed by atoms with Crippen molar-refractivity contribution in [2.24, 2.45) is 5.92 Å². The van der Waals surface area contributed by atoms with Crippen LogP contribution in [0.25, 0.3) is 0 Å². The van der Waals surface area contributed by atoms with E-state index in [0.29, 0.717) is 25.7 Å². The zero-order valence-electron chi connectivity index (χ0n) is 14.5. The van der Waals surface area contributed by atoms with E-state index in [-0.39, 0.29) is 6.10 Å².